The van der Waals surface area contributed by atoms with Gasteiger partial charge in [0.25, 0.3) is 0 Å². The van der Waals surface area contributed by atoms with Gasteiger partial charge in [-0.1, -0.05) is 24.3 Å². The highest BCUT2D eigenvalue weighted by molar-refractivity contribution is 7.98. The SMILES string of the molecule is COc1cccc(-c2n[nH]c(=S)n2N=Cc2ccc(SC)cc2)c1. The zero-order chi connectivity index (χ0) is 16.9. The van der Waals surface area contributed by atoms with E-state index in [0.717, 1.165) is 16.9 Å². The van der Waals surface area contributed by atoms with Gasteiger partial charge in [-0.3, -0.25) is 0 Å². The maximum absolute atomic E-state index is 5.29. The number of H-pyrrole nitrogens is 1. The Morgan fingerprint density at radius 1 is 1.25 bits per heavy atom. The summed E-state index contributed by atoms with van der Waals surface area (Å²) in [6.45, 7) is 0. The molecule has 0 aliphatic carbocycles. The fraction of sp³-hybridized carbons (Fsp3) is 0.118. The third-order valence-electron chi connectivity index (χ3n) is 3.42. The highest BCUT2D eigenvalue weighted by atomic mass is 32.2. The van der Waals surface area contributed by atoms with Crippen LogP contribution in [0.2, 0.25) is 0 Å². The molecule has 3 aromatic rings. The van der Waals surface area contributed by atoms with Crippen molar-refractivity contribution < 1.29 is 4.74 Å². The zero-order valence-electron chi connectivity index (χ0n) is 13.3. The van der Waals surface area contributed by atoms with Crippen LogP contribution in [0.5, 0.6) is 5.75 Å². The molecule has 0 unspecified atom stereocenters. The molecule has 24 heavy (non-hydrogen) atoms. The van der Waals surface area contributed by atoms with E-state index >= 15 is 0 Å². The first-order chi connectivity index (χ1) is 11.7. The monoisotopic (exact) mass is 356 g/mol. The van der Waals surface area contributed by atoms with E-state index in [1.807, 2.05) is 42.7 Å². The Balaban J connectivity index is 1.94. The van der Waals surface area contributed by atoms with Gasteiger partial charge in [0, 0.05) is 10.5 Å². The van der Waals surface area contributed by atoms with Gasteiger partial charge in [0.05, 0.1) is 13.3 Å². The highest BCUT2D eigenvalue weighted by Gasteiger charge is 2.08. The van der Waals surface area contributed by atoms with E-state index in [1.54, 1.807) is 29.8 Å². The fourth-order valence-electron chi connectivity index (χ4n) is 2.16. The molecule has 5 nitrogen and oxygen atoms in total. The number of nitrogens with zero attached hydrogens (tertiary/aromatic N) is 3. The van der Waals surface area contributed by atoms with Crippen LogP contribution in [0.15, 0.2) is 58.5 Å². The summed E-state index contributed by atoms with van der Waals surface area (Å²) in [4.78, 5) is 1.21. The van der Waals surface area contributed by atoms with Gasteiger partial charge in [0.1, 0.15) is 5.75 Å². The summed E-state index contributed by atoms with van der Waals surface area (Å²) in [5.74, 6) is 1.39. The van der Waals surface area contributed by atoms with E-state index in [2.05, 4.69) is 27.4 Å². The zero-order valence-corrected chi connectivity index (χ0v) is 14.9. The average molecular weight is 356 g/mol. The third kappa shape index (κ3) is 3.58. The summed E-state index contributed by atoms with van der Waals surface area (Å²) in [7, 11) is 1.63. The van der Waals surface area contributed by atoms with Crippen LogP contribution in [0, 0.1) is 4.77 Å². The van der Waals surface area contributed by atoms with Crippen molar-refractivity contribution in [3.05, 3.63) is 58.9 Å². The quantitative estimate of drug-likeness (QED) is 0.422. The number of hydrogen-bond acceptors (Lipinski definition) is 5. The van der Waals surface area contributed by atoms with Gasteiger partial charge in [-0.2, -0.15) is 14.9 Å². The summed E-state index contributed by atoms with van der Waals surface area (Å²) in [6, 6.07) is 15.8. The number of aromatic nitrogens is 3. The number of rotatable bonds is 5. The maximum Gasteiger partial charge on any atom is 0.216 e. The lowest BCUT2D eigenvalue weighted by Crippen LogP contribution is -1.95. The summed E-state index contributed by atoms with van der Waals surface area (Å²) < 4.78 is 7.30. The summed E-state index contributed by atoms with van der Waals surface area (Å²) in [5, 5.41) is 11.5. The Hall–Kier alpha value is -2.38. The van der Waals surface area contributed by atoms with E-state index in [0.29, 0.717) is 10.6 Å². The summed E-state index contributed by atoms with van der Waals surface area (Å²) in [5.41, 5.74) is 1.86. The van der Waals surface area contributed by atoms with Crippen molar-refractivity contribution >= 4 is 30.2 Å². The Morgan fingerprint density at radius 3 is 2.75 bits per heavy atom. The second-order valence-corrected chi connectivity index (χ2v) is 6.18. The first kappa shape index (κ1) is 16.5. The molecule has 1 heterocycles. The predicted octanol–water partition coefficient (Wildman–Crippen LogP) is 4.22. The fourth-order valence-corrected chi connectivity index (χ4v) is 2.75. The Labute approximate surface area is 149 Å². The van der Waals surface area contributed by atoms with Gasteiger partial charge in [-0.25, -0.2) is 5.10 Å². The molecule has 0 spiro atoms. The van der Waals surface area contributed by atoms with Crippen molar-refractivity contribution in [3.63, 3.8) is 0 Å². The van der Waals surface area contributed by atoms with E-state index in [9.17, 15) is 0 Å². The molecule has 1 aromatic heterocycles. The number of ether oxygens (including phenoxy) is 1. The van der Waals surface area contributed by atoms with Crippen molar-refractivity contribution in [2.75, 3.05) is 13.4 Å². The average Bonchev–Trinajstić information content (AvgIpc) is 3.01. The third-order valence-corrected chi connectivity index (χ3v) is 4.42. The lowest BCUT2D eigenvalue weighted by molar-refractivity contribution is 0.415. The molecule has 0 atom stereocenters. The molecule has 0 fully saturated rings. The van der Waals surface area contributed by atoms with E-state index in [4.69, 9.17) is 17.0 Å². The first-order valence-electron chi connectivity index (χ1n) is 7.21. The van der Waals surface area contributed by atoms with Crippen LogP contribution in [0.1, 0.15) is 5.56 Å². The van der Waals surface area contributed by atoms with Gasteiger partial charge in [0.2, 0.25) is 4.77 Å². The smallest absolute Gasteiger partial charge is 0.216 e. The van der Waals surface area contributed by atoms with Gasteiger partial charge in [-0.05, 0) is 48.3 Å². The molecule has 1 N–H and O–H groups in total. The van der Waals surface area contributed by atoms with Crippen LogP contribution >= 0.6 is 24.0 Å². The second kappa shape index (κ2) is 7.46. The molecule has 0 amide bonds. The highest BCUT2D eigenvalue weighted by Crippen LogP contribution is 2.22. The number of aromatic amines is 1. The minimum absolute atomic E-state index is 0.435. The first-order valence-corrected chi connectivity index (χ1v) is 8.85. The van der Waals surface area contributed by atoms with Crippen molar-refractivity contribution in [2.45, 2.75) is 4.90 Å². The summed E-state index contributed by atoms with van der Waals surface area (Å²) >= 11 is 6.99. The number of thioether (sulfide) groups is 1. The van der Waals surface area contributed by atoms with Crippen LogP contribution in [0.25, 0.3) is 11.4 Å². The predicted molar refractivity (Wildman–Crippen MR) is 101 cm³/mol. The van der Waals surface area contributed by atoms with Crippen LogP contribution in [-0.4, -0.2) is 34.5 Å². The Bertz CT molecular complexity index is 913. The van der Waals surface area contributed by atoms with Gasteiger partial charge in [-0.15, -0.1) is 11.8 Å². The molecular formula is C17H16N4OS2. The lowest BCUT2D eigenvalue weighted by atomic mass is 10.2. The normalized spacial score (nSPS) is 11.1. The molecule has 3 rings (SSSR count). The molecule has 0 saturated carbocycles. The van der Waals surface area contributed by atoms with Gasteiger partial charge >= 0.3 is 0 Å². The Morgan fingerprint density at radius 2 is 2.04 bits per heavy atom. The number of nitrogens with one attached hydrogen (secondary N) is 1. The molecule has 122 valence electrons. The molecule has 0 saturated heterocycles. The van der Waals surface area contributed by atoms with E-state index < -0.39 is 0 Å². The summed E-state index contributed by atoms with van der Waals surface area (Å²) in [6.07, 6.45) is 3.81. The topological polar surface area (TPSA) is 55.2 Å². The Kier molecular flexibility index (Phi) is 5.12. The van der Waals surface area contributed by atoms with Crippen molar-refractivity contribution in [2.24, 2.45) is 5.10 Å². The molecule has 0 bridgehead atoms. The molecule has 0 aliphatic rings. The van der Waals surface area contributed by atoms with Crippen LogP contribution < -0.4 is 4.74 Å². The maximum atomic E-state index is 5.29. The van der Waals surface area contributed by atoms with Crippen molar-refractivity contribution in [1.82, 2.24) is 14.9 Å². The molecule has 2 aromatic carbocycles. The minimum atomic E-state index is 0.435. The van der Waals surface area contributed by atoms with E-state index in [1.165, 1.54) is 4.90 Å². The van der Waals surface area contributed by atoms with Crippen molar-refractivity contribution in [3.8, 4) is 17.1 Å². The van der Waals surface area contributed by atoms with Gasteiger partial charge < -0.3 is 4.74 Å². The van der Waals surface area contributed by atoms with Crippen LogP contribution in [0.3, 0.4) is 0 Å². The molecular weight excluding hydrogens is 340 g/mol. The largest absolute Gasteiger partial charge is 0.497 e. The molecule has 0 aliphatic heterocycles. The van der Waals surface area contributed by atoms with E-state index in [-0.39, 0.29) is 0 Å². The van der Waals surface area contributed by atoms with Crippen LogP contribution in [0.4, 0.5) is 0 Å². The number of benzene rings is 2. The minimum Gasteiger partial charge on any atom is -0.497 e. The van der Waals surface area contributed by atoms with Crippen LogP contribution in [-0.2, 0) is 0 Å². The van der Waals surface area contributed by atoms with Crippen molar-refractivity contribution in [1.29, 1.82) is 0 Å². The number of hydrogen-bond donors (Lipinski definition) is 1. The molecule has 0 radical (unpaired) electrons. The van der Waals surface area contributed by atoms with Gasteiger partial charge in [0.15, 0.2) is 5.82 Å². The molecule has 7 heteroatoms. The lowest BCUT2D eigenvalue weighted by Gasteiger charge is -2.04. The number of methoxy groups -OCH3 is 1. The second-order valence-electron chi connectivity index (χ2n) is 4.91. The standard InChI is InChI=1S/C17H16N4OS2/c1-22-14-5-3-4-13(10-14)16-19-20-17(23)21(16)18-11-12-6-8-15(24-2)9-7-12/h3-11H,1-2H3,(H,20,23).